The Morgan fingerprint density at radius 3 is 3.06 bits per heavy atom. The molecule has 0 spiro atoms. The van der Waals surface area contributed by atoms with Crippen molar-refractivity contribution in [3.8, 4) is 0 Å². The van der Waals surface area contributed by atoms with Gasteiger partial charge in [-0.25, -0.2) is 0 Å². The third-order valence-electron chi connectivity index (χ3n) is 1.97. The van der Waals surface area contributed by atoms with Crippen LogP contribution >= 0.6 is 27.3 Å². The topological polar surface area (TPSA) is 49.3 Å². The monoisotopic (exact) mass is 303 g/mol. The molecule has 1 aromatic heterocycles. The van der Waals surface area contributed by atoms with Crippen molar-refractivity contribution in [3.05, 3.63) is 26.9 Å². The van der Waals surface area contributed by atoms with Crippen LogP contribution in [0.5, 0.6) is 0 Å². The van der Waals surface area contributed by atoms with E-state index in [1.807, 2.05) is 18.4 Å². The number of nitrogens with one attached hydrogen (secondary N) is 1. The Hall–Kier alpha value is -0.650. The van der Waals surface area contributed by atoms with Crippen LogP contribution in [0, 0.1) is 0 Å². The van der Waals surface area contributed by atoms with Gasteiger partial charge in [-0.15, -0.1) is 11.3 Å². The molecule has 0 fully saturated rings. The summed E-state index contributed by atoms with van der Waals surface area (Å²) in [6.07, 6.45) is 3.84. The van der Waals surface area contributed by atoms with Crippen LogP contribution in [0.3, 0.4) is 0 Å². The van der Waals surface area contributed by atoms with Crippen molar-refractivity contribution in [1.29, 1.82) is 0 Å². The molecule has 88 valence electrons. The first kappa shape index (κ1) is 13.4. The molecule has 0 bridgehead atoms. The Bertz CT molecular complexity index is 376. The fourth-order valence-electron chi connectivity index (χ4n) is 1.14. The second-order valence-electron chi connectivity index (χ2n) is 3.44. The Balaban J connectivity index is 2.42. The number of amides is 1. The predicted octanol–water partition coefficient (Wildman–Crippen LogP) is 2.41. The molecule has 1 unspecified atom stereocenters. The summed E-state index contributed by atoms with van der Waals surface area (Å²) in [7, 11) is 0. The van der Waals surface area contributed by atoms with E-state index in [0.717, 1.165) is 9.35 Å². The van der Waals surface area contributed by atoms with E-state index < -0.39 is 0 Å². The van der Waals surface area contributed by atoms with Crippen LogP contribution in [0.1, 0.15) is 18.9 Å². The maximum absolute atomic E-state index is 11.4. The van der Waals surface area contributed by atoms with Gasteiger partial charge in [0.25, 0.3) is 0 Å². The molecule has 0 saturated carbocycles. The highest BCUT2D eigenvalue weighted by atomic mass is 79.9. The fraction of sp³-hybridized carbons (Fsp3) is 0.364. The van der Waals surface area contributed by atoms with Gasteiger partial charge in [-0.05, 0) is 52.4 Å². The van der Waals surface area contributed by atoms with E-state index in [9.17, 15) is 4.79 Å². The molecule has 1 rings (SSSR count). The summed E-state index contributed by atoms with van der Waals surface area (Å²) in [6, 6.07) is 1.95. The van der Waals surface area contributed by atoms with Gasteiger partial charge in [0.15, 0.2) is 0 Å². The zero-order valence-corrected chi connectivity index (χ0v) is 11.3. The molecule has 1 atom stereocenters. The lowest BCUT2D eigenvalue weighted by molar-refractivity contribution is -0.117. The van der Waals surface area contributed by atoms with E-state index in [0.29, 0.717) is 6.42 Å². The molecule has 0 saturated heterocycles. The smallest absolute Gasteiger partial charge is 0.244 e. The van der Waals surface area contributed by atoms with Crippen LogP contribution < -0.4 is 5.32 Å². The second kappa shape index (κ2) is 6.83. The fourth-order valence-corrected chi connectivity index (χ4v) is 2.28. The van der Waals surface area contributed by atoms with Crippen LogP contribution in [0.4, 0.5) is 0 Å². The van der Waals surface area contributed by atoms with Gasteiger partial charge in [0.2, 0.25) is 5.91 Å². The lowest BCUT2D eigenvalue weighted by Crippen LogP contribution is -2.31. The van der Waals surface area contributed by atoms with Gasteiger partial charge in [-0.2, -0.15) is 0 Å². The Kier molecular flexibility index (Phi) is 5.73. The molecule has 0 aliphatic carbocycles. The highest BCUT2D eigenvalue weighted by Crippen LogP contribution is 2.21. The maximum atomic E-state index is 11.4. The minimum atomic E-state index is -0.136. The van der Waals surface area contributed by atoms with Gasteiger partial charge in [-0.1, -0.05) is 0 Å². The normalized spacial score (nSPS) is 12.9. The highest BCUT2D eigenvalue weighted by molar-refractivity contribution is 9.11. The van der Waals surface area contributed by atoms with Gasteiger partial charge < -0.3 is 10.4 Å². The lowest BCUT2D eigenvalue weighted by atomic mass is 10.2. The number of carbonyl (C=O) groups is 1. The summed E-state index contributed by atoms with van der Waals surface area (Å²) >= 11 is 4.94. The van der Waals surface area contributed by atoms with Crippen LogP contribution in [0.25, 0.3) is 6.08 Å². The quantitative estimate of drug-likeness (QED) is 0.821. The van der Waals surface area contributed by atoms with Crippen molar-refractivity contribution in [2.45, 2.75) is 19.4 Å². The second-order valence-corrected chi connectivity index (χ2v) is 5.73. The van der Waals surface area contributed by atoms with Crippen molar-refractivity contribution in [2.75, 3.05) is 6.61 Å². The van der Waals surface area contributed by atoms with Crippen LogP contribution in [-0.2, 0) is 4.79 Å². The summed E-state index contributed by atoms with van der Waals surface area (Å²) in [5.74, 6) is -0.136. The van der Waals surface area contributed by atoms with Gasteiger partial charge in [0, 0.05) is 18.7 Å². The molecular weight excluding hydrogens is 290 g/mol. The average molecular weight is 304 g/mol. The number of thiophene rings is 1. The third kappa shape index (κ3) is 4.92. The summed E-state index contributed by atoms with van der Waals surface area (Å²) in [5.41, 5.74) is 1.00. The van der Waals surface area contributed by atoms with Crippen molar-refractivity contribution in [3.63, 3.8) is 0 Å². The highest BCUT2D eigenvalue weighted by Gasteiger charge is 2.03. The molecule has 0 aromatic carbocycles. The number of rotatable bonds is 5. The van der Waals surface area contributed by atoms with Crippen LogP contribution in [-0.4, -0.2) is 23.7 Å². The number of halogens is 1. The Morgan fingerprint density at radius 1 is 1.75 bits per heavy atom. The van der Waals surface area contributed by atoms with Crippen molar-refractivity contribution in [2.24, 2.45) is 0 Å². The van der Waals surface area contributed by atoms with Gasteiger partial charge in [0.1, 0.15) is 0 Å². The van der Waals surface area contributed by atoms with E-state index in [1.54, 1.807) is 17.4 Å². The zero-order chi connectivity index (χ0) is 12.0. The van der Waals surface area contributed by atoms with E-state index in [2.05, 4.69) is 21.2 Å². The number of carbonyl (C=O) groups excluding carboxylic acids is 1. The van der Waals surface area contributed by atoms with Gasteiger partial charge in [-0.3, -0.25) is 4.79 Å². The SMILES string of the molecule is CC(CCO)NC(=O)/C=C/c1csc(Br)c1. The average Bonchev–Trinajstić information content (AvgIpc) is 2.61. The van der Waals surface area contributed by atoms with Crippen molar-refractivity contribution >= 4 is 39.2 Å². The first-order valence-electron chi connectivity index (χ1n) is 4.95. The summed E-state index contributed by atoms with van der Waals surface area (Å²) in [6.45, 7) is 1.95. The standard InChI is InChI=1S/C11H14BrNO2S/c1-8(4-5-14)13-11(15)3-2-9-6-10(12)16-7-9/h2-3,6-8,14H,4-5H2,1H3,(H,13,15)/b3-2+. The van der Waals surface area contributed by atoms with Gasteiger partial charge >= 0.3 is 0 Å². The first-order valence-corrected chi connectivity index (χ1v) is 6.62. The molecule has 3 nitrogen and oxygen atoms in total. The molecule has 0 aliphatic heterocycles. The molecule has 1 amide bonds. The van der Waals surface area contributed by atoms with E-state index in [1.165, 1.54) is 6.08 Å². The predicted molar refractivity (Wildman–Crippen MR) is 70.4 cm³/mol. The first-order chi connectivity index (χ1) is 7.61. The maximum Gasteiger partial charge on any atom is 0.244 e. The van der Waals surface area contributed by atoms with E-state index >= 15 is 0 Å². The number of hydrogen-bond donors (Lipinski definition) is 2. The third-order valence-corrected chi connectivity index (χ3v) is 3.49. The molecular formula is C11H14BrNO2S. The number of aliphatic hydroxyl groups excluding tert-OH is 1. The molecule has 1 heterocycles. The summed E-state index contributed by atoms with van der Waals surface area (Å²) < 4.78 is 1.04. The molecule has 16 heavy (non-hydrogen) atoms. The number of aliphatic hydroxyl groups is 1. The zero-order valence-electron chi connectivity index (χ0n) is 8.94. The minimum absolute atomic E-state index is 0.00337. The summed E-state index contributed by atoms with van der Waals surface area (Å²) in [4.78, 5) is 11.4. The molecule has 0 radical (unpaired) electrons. The molecule has 5 heteroatoms. The molecule has 2 N–H and O–H groups in total. The molecule has 1 aromatic rings. The van der Waals surface area contributed by atoms with E-state index in [-0.39, 0.29) is 18.6 Å². The Morgan fingerprint density at radius 2 is 2.50 bits per heavy atom. The van der Waals surface area contributed by atoms with Gasteiger partial charge in [0.05, 0.1) is 3.79 Å². The lowest BCUT2D eigenvalue weighted by Gasteiger charge is -2.09. The van der Waals surface area contributed by atoms with E-state index in [4.69, 9.17) is 5.11 Å². The minimum Gasteiger partial charge on any atom is -0.396 e. The number of hydrogen-bond acceptors (Lipinski definition) is 3. The van der Waals surface area contributed by atoms with Crippen molar-refractivity contribution < 1.29 is 9.90 Å². The largest absolute Gasteiger partial charge is 0.396 e. The summed E-state index contributed by atoms with van der Waals surface area (Å²) in [5, 5.41) is 13.4. The van der Waals surface area contributed by atoms with Crippen LogP contribution in [0.15, 0.2) is 21.3 Å². The Labute approximate surface area is 107 Å². The van der Waals surface area contributed by atoms with Crippen molar-refractivity contribution in [1.82, 2.24) is 5.32 Å². The van der Waals surface area contributed by atoms with Crippen LogP contribution in [0.2, 0.25) is 0 Å². The molecule has 0 aliphatic rings.